The smallest absolute Gasteiger partial charge is 0.193 e. The van der Waals surface area contributed by atoms with Gasteiger partial charge < -0.3 is 15.8 Å². The third kappa shape index (κ3) is 6.05. The minimum Gasteiger partial charge on any atom is -0.374 e. The quantitative estimate of drug-likeness (QED) is 0.435. The van der Waals surface area contributed by atoms with Crippen molar-refractivity contribution in [3.63, 3.8) is 0 Å². The summed E-state index contributed by atoms with van der Waals surface area (Å²) in [6.45, 7) is 5.51. The molecule has 1 atom stereocenters. The third-order valence-corrected chi connectivity index (χ3v) is 3.83. The number of hydrogen-bond acceptors (Lipinski definition) is 2. The number of rotatable bonds is 8. The first-order valence-corrected chi connectivity index (χ1v) is 8.51. The Kier molecular flexibility index (Phi) is 7.30. The molecule has 2 aromatic carbocycles. The molecule has 128 valence electrons. The van der Waals surface area contributed by atoms with Gasteiger partial charge in [0.15, 0.2) is 5.96 Å². The lowest BCUT2D eigenvalue weighted by molar-refractivity contribution is 0.0652. The Bertz CT molecular complexity index is 640. The van der Waals surface area contributed by atoms with Crippen molar-refractivity contribution in [2.75, 3.05) is 18.5 Å². The molecule has 0 bridgehead atoms. The predicted octanol–water partition coefficient (Wildman–Crippen LogP) is 4.14. The number of ether oxygens (including phenoxy) is 1. The molecule has 0 amide bonds. The van der Waals surface area contributed by atoms with Crippen LogP contribution in [0.4, 0.5) is 5.69 Å². The van der Waals surface area contributed by atoms with Gasteiger partial charge in [-0.25, -0.2) is 0 Å². The van der Waals surface area contributed by atoms with Gasteiger partial charge in [-0.05, 0) is 43.0 Å². The molecule has 2 aromatic rings. The van der Waals surface area contributed by atoms with Crippen LogP contribution in [0.5, 0.6) is 0 Å². The molecule has 0 saturated carbocycles. The maximum atomic E-state index is 5.93. The molecule has 0 aliphatic heterocycles. The molecule has 0 aromatic heterocycles. The Morgan fingerprint density at radius 3 is 2.71 bits per heavy atom. The Labute approximate surface area is 144 Å². The average molecular weight is 325 g/mol. The largest absolute Gasteiger partial charge is 0.374 e. The topological polar surface area (TPSA) is 59.6 Å². The first kappa shape index (κ1) is 18.0. The summed E-state index contributed by atoms with van der Waals surface area (Å²) in [5.74, 6) is 0.444. The molecule has 2 rings (SSSR count). The predicted molar refractivity (Wildman–Crippen MR) is 101 cm³/mol. The van der Waals surface area contributed by atoms with Crippen molar-refractivity contribution in [1.29, 1.82) is 0 Å². The molecule has 0 heterocycles. The zero-order valence-electron chi connectivity index (χ0n) is 14.5. The second-order valence-corrected chi connectivity index (χ2v) is 5.72. The second kappa shape index (κ2) is 9.73. The van der Waals surface area contributed by atoms with E-state index in [0.717, 1.165) is 18.5 Å². The Balaban J connectivity index is 1.69. The SMILES string of the molecule is CCc1cccc(NC(N)=NCCCOC(C)c2ccccc2)c1. The summed E-state index contributed by atoms with van der Waals surface area (Å²) in [7, 11) is 0. The van der Waals surface area contributed by atoms with Gasteiger partial charge in [-0.1, -0.05) is 49.4 Å². The van der Waals surface area contributed by atoms with Crippen LogP contribution >= 0.6 is 0 Å². The molecule has 0 saturated heterocycles. The number of nitrogens with zero attached hydrogens (tertiary/aromatic N) is 1. The summed E-state index contributed by atoms with van der Waals surface area (Å²) in [4.78, 5) is 4.35. The van der Waals surface area contributed by atoms with Crippen LogP contribution in [0.3, 0.4) is 0 Å². The average Bonchev–Trinajstić information content (AvgIpc) is 2.62. The Hall–Kier alpha value is -2.33. The van der Waals surface area contributed by atoms with Crippen molar-refractivity contribution in [3.05, 3.63) is 65.7 Å². The molecule has 0 radical (unpaired) electrons. The highest BCUT2D eigenvalue weighted by Gasteiger charge is 2.04. The number of aryl methyl sites for hydroxylation is 1. The molecule has 0 aliphatic carbocycles. The van der Waals surface area contributed by atoms with Crippen LogP contribution in [0.2, 0.25) is 0 Å². The first-order chi connectivity index (χ1) is 11.7. The molecular formula is C20H27N3O. The number of nitrogens with two attached hydrogens (primary N) is 1. The normalized spacial score (nSPS) is 12.8. The van der Waals surface area contributed by atoms with Crippen LogP contribution in [0.1, 0.15) is 37.5 Å². The maximum absolute atomic E-state index is 5.93. The summed E-state index contributed by atoms with van der Waals surface area (Å²) in [5, 5.41) is 3.13. The molecule has 3 N–H and O–H groups in total. The van der Waals surface area contributed by atoms with Crippen molar-refractivity contribution >= 4 is 11.6 Å². The molecule has 24 heavy (non-hydrogen) atoms. The molecule has 4 nitrogen and oxygen atoms in total. The fraction of sp³-hybridized carbons (Fsp3) is 0.350. The zero-order valence-corrected chi connectivity index (χ0v) is 14.5. The van der Waals surface area contributed by atoms with Crippen LogP contribution < -0.4 is 11.1 Å². The van der Waals surface area contributed by atoms with Crippen LogP contribution in [0, 0.1) is 0 Å². The number of benzene rings is 2. The van der Waals surface area contributed by atoms with E-state index in [4.69, 9.17) is 10.5 Å². The molecule has 0 fully saturated rings. The van der Waals surface area contributed by atoms with Crippen LogP contribution in [-0.4, -0.2) is 19.1 Å². The van der Waals surface area contributed by atoms with Gasteiger partial charge in [0.05, 0.1) is 6.10 Å². The minimum absolute atomic E-state index is 0.0995. The van der Waals surface area contributed by atoms with Gasteiger partial charge in [0.2, 0.25) is 0 Å². The maximum Gasteiger partial charge on any atom is 0.193 e. The van der Waals surface area contributed by atoms with Crippen LogP contribution in [0.25, 0.3) is 0 Å². The van der Waals surface area contributed by atoms with E-state index in [1.807, 2.05) is 30.3 Å². The van der Waals surface area contributed by atoms with Gasteiger partial charge in [-0.15, -0.1) is 0 Å². The standard InChI is InChI=1S/C20H27N3O/c1-3-17-9-7-12-19(15-17)23-20(21)22-13-8-14-24-16(2)18-10-5-4-6-11-18/h4-7,9-12,15-16H,3,8,13-14H2,1-2H3,(H3,21,22,23). The number of guanidine groups is 1. The van der Waals surface area contributed by atoms with Gasteiger partial charge in [0.25, 0.3) is 0 Å². The Morgan fingerprint density at radius 2 is 1.96 bits per heavy atom. The molecule has 4 heteroatoms. The lowest BCUT2D eigenvalue weighted by Gasteiger charge is -2.13. The van der Waals surface area contributed by atoms with Crippen molar-refractivity contribution < 1.29 is 4.74 Å². The number of aliphatic imine (C=N–C) groups is 1. The summed E-state index contributed by atoms with van der Waals surface area (Å²) in [5.41, 5.74) is 9.37. The van der Waals surface area contributed by atoms with Crippen molar-refractivity contribution in [2.24, 2.45) is 10.7 Å². The van der Waals surface area contributed by atoms with Crippen LogP contribution in [-0.2, 0) is 11.2 Å². The molecule has 0 spiro atoms. The highest BCUT2D eigenvalue weighted by Crippen LogP contribution is 2.15. The van der Waals surface area contributed by atoms with E-state index in [2.05, 4.69) is 48.4 Å². The minimum atomic E-state index is 0.0995. The monoisotopic (exact) mass is 325 g/mol. The van der Waals surface area contributed by atoms with Gasteiger partial charge >= 0.3 is 0 Å². The second-order valence-electron chi connectivity index (χ2n) is 5.72. The van der Waals surface area contributed by atoms with Crippen molar-refractivity contribution in [1.82, 2.24) is 0 Å². The lowest BCUT2D eigenvalue weighted by Crippen LogP contribution is -2.23. The number of anilines is 1. The molecular weight excluding hydrogens is 298 g/mol. The van der Waals surface area contributed by atoms with Crippen LogP contribution in [0.15, 0.2) is 59.6 Å². The van der Waals surface area contributed by atoms with E-state index >= 15 is 0 Å². The van der Waals surface area contributed by atoms with E-state index in [-0.39, 0.29) is 6.10 Å². The fourth-order valence-corrected chi connectivity index (χ4v) is 2.40. The number of nitrogens with one attached hydrogen (secondary N) is 1. The molecule has 0 aliphatic rings. The van der Waals surface area contributed by atoms with Gasteiger partial charge in [0, 0.05) is 18.8 Å². The third-order valence-electron chi connectivity index (χ3n) is 3.83. The van der Waals surface area contributed by atoms with E-state index in [9.17, 15) is 0 Å². The summed E-state index contributed by atoms with van der Waals surface area (Å²) in [6, 6.07) is 18.4. The summed E-state index contributed by atoms with van der Waals surface area (Å²) < 4.78 is 5.83. The summed E-state index contributed by atoms with van der Waals surface area (Å²) >= 11 is 0. The van der Waals surface area contributed by atoms with Gasteiger partial charge in [-0.2, -0.15) is 0 Å². The van der Waals surface area contributed by atoms with Gasteiger partial charge in [0.1, 0.15) is 0 Å². The Morgan fingerprint density at radius 1 is 1.17 bits per heavy atom. The van der Waals surface area contributed by atoms with E-state index in [1.54, 1.807) is 0 Å². The van der Waals surface area contributed by atoms with E-state index < -0.39 is 0 Å². The molecule has 1 unspecified atom stereocenters. The first-order valence-electron chi connectivity index (χ1n) is 8.51. The van der Waals surface area contributed by atoms with Crippen molar-refractivity contribution in [3.8, 4) is 0 Å². The summed E-state index contributed by atoms with van der Waals surface area (Å²) in [6.07, 6.45) is 1.94. The highest BCUT2D eigenvalue weighted by molar-refractivity contribution is 5.92. The fourth-order valence-electron chi connectivity index (χ4n) is 2.40. The van der Waals surface area contributed by atoms with E-state index in [1.165, 1.54) is 11.1 Å². The zero-order chi connectivity index (χ0) is 17.2. The van der Waals surface area contributed by atoms with Crippen molar-refractivity contribution in [2.45, 2.75) is 32.8 Å². The van der Waals surface area contributed by atoms with E-state index in [0.29, 0.717) is 19.1 Å². The number of hydrogen-bond donors (Lipinski definition) is 2. The lowest BCUT2D eigenvalue weighted by atomic mass is 10.1. The van der Waals surface area contributed by atoms with Gasteiger partial charge in [-0.3, -0.25) is 4.99 Å². The highest BCUT2D eigenvalue weighted by atomic mass is 16.5.